The number of oxime groups is 1. The number of alkyl carbamates (subject to hydrolysis) is 1. The van der Waals surface area contributed by atoms with Crippen molar-refractivity contribution in [3.63, 3.8) is 0 Å². The number of aliphatic hydroxyl groups excluding tert-OH is 1. The van der Waals surface area contributed by atoms with E-state index in [9.17, 15) is 14.7 Å². The lowest BCUT2D eigenvalue weighted by molar-refractivity contribution is -0.156. The summed E-state index contributed by atoms with van der Waals surface area (Å²) < 4.78 is 10.4. The number of fused-ring (bicyclic) bond motifs is 1. The van der Waals surface area contributed by atoms with E-state index < -0.39 is 41.8 Å². The first kappa shape index (κ1) is 18.5. The lowest BCUT2D eigenvalue weighted by Gasteiger charge is -2.40. The van der Waals surface area contributed by atoms with Gasteiger partial charge in [0.25, 0.3) is 0 Å². The summed E-state index contributed by atoms with van der Waals surface area (Å²) in [5.41, 5.74) is -0.0224. The van der Waals surface area contributed by atoms with E-state index in [1.165, 1.54) is 0 Å². The Labute approximate surface area is 141 Å². The molecule has 0 aromatic carbocycles. The molecule has 136 valence electrons. The van der Waals surface area contributed by atoms with Gasteiger partial charge >= 0.3 is 12.1 Å². The normalized spacial score (nSPS) is 32.2. The van der Waals surface area contributed by atoms with E-state index in [1.54, 1.807) is 34.6 Å². The third kappa shape index (κ3) is 3.98. The molecule has 24 heavy (non-hydrogen) atoms. The molecular weight excluding hydrogens is 316 g/mol. The molecule has 0 saturated heterocycles. The number of carbonyl (C=O) groups excluding carboxylic acids is 2. The molecule has 5 atom stereocenters. The number of rotatable bonds is 3. The van der Waals surface area contributed by atoms with E-state index in [4.69, 9.17) is 14.3 Å². The van der Waals surface area contributed by atoms with Crippen molar-refractivity contribution in [2.24, 2.45) is 17.0 Å². The Bertz CT molecular complexity index is 527. The molecule has 0 radical (unpaired) electrons. The molecule has 0 aromatic heterocycles. The number of hydrogen-bond donors (Lipinski definition) is 2. The summed E-state index contributed by atoms with van der Waals surface area (Å²) in [5.74, 6) is -1.57. The summed E-state index contributed by atoms with van der Waals surface area (Å²) in [6, 6.07) is -0.687. The zero-order valence-electron chi connectivity index (χ0n) is 14.7. The van der Waals surface area contributed by atoms with Crippen molar-refractivity contribution >= 4 is 17.8 Å². The average Bonchev–Trinajstić information content (AvgIpc) is 2.82. The lowest BCUT2D eigenvalue weighted by Crippen LogP contribution is -2.60. The maximum absolute atomic E-state index is 12.3. The van der Waals surface area contributed by atoms with Gasteiger partial charge in [0.1, 0.15) is 5.60 Å². The van der Waals surface area contributed by atoms with Gasteiger partial charge in [-0.1, -0.05) is 5.16 Å². The highest BCUT2D eigenvalue weighted by Gasteiger charge is 2.53. The molecule has 1 aliphatic heterocycles. The average molecular weight is 342 g/mol. The summed E-state index contributed by atoms with van der Waals surface area (Å²) in [6.45, 7) is 8.93. The molecule has 0 aromatic rings. The van der Waals surface area contributed by atoms with Crippen molar-refractivity contribution in [3.05, 3.63) is 0 Å². The van der Waals surface area contributed by atoms with Crippen molar-refractivity contribution in [3.8, 4) is 0 Å². The predicted molar refractivity (Wildman–Crippen MR) is 85.4 cm³/mol. The molecule has 8 heteroatoms. The minimum Gasteiger partial charge on any atom is -0.466 e. The second-order valence-electron chi connectivity index (χ2n) is 7.16. The number of nitrogens with one attached hydrogen (secondary N) is 1. The molecule has 2 rings (SSSR count). The molecular formula is C16H26N2O6. The van der Waals surface area contributed by atoms with Crippen molar-refractivity contribution in [1.82, 2.24) is 5.32 Å². The first-order valence-electron chi connectivity index (χ1n) is 8.18. The fourth-order valence-electron chi connectivity index (χ4n) is 3.20. The van der Waals surface area contributed by atoms with Crippen molar-refractivity contribution in [1.29, 1.82) is 0 Å². The Kier molecular flexibility index (Phi) is 5.37. The number of ether oxygens (including phenoxy) is 2. The molecule has 8 nitrogen and oxygen atoms in total. The first-order chi connectivity index (χ1) is 11.1. The lowest BCUT2D eigenvalue weighted by atomic mass is 9.73. The molecule has 1 amide bonds. The molecule has 2 aliphatic rings. The Morgan fingerprint density at radius 1 is 1.42 bits per heavy atom. The molecule has 2 N–H and O–H groups in total. The highest BCUT2D eigenvalue weighted by Crippen LogP contribution is 2.37. The van der Waals surface area contributed by atoms with Gasteiger partial charge in [0, 0.05) is 0 Å². The SMILES string of the molecule is CCOC(=O)[C@@H]1C[C@H](O)[C@@H]2C(C)=NO[C@@H]2[C@@H]1NC(=O)OC(C)(C)C. The smallest absolute Gasteiger partial charge is 0.408 e. The van der Waals surface area contributed by atoms with Gasteiger partial charge in [-0.05, 0) is 41.0 Å². The van der Waals surface area contributed by atoms with E-state index in [1.807, 2.05) is 0 Å². The monoisotopic (exact) mass is 342 g/mol. The van der Waals surface area contributed by atoms with Crippen LogP contribution in [0.1, 0.15) is 41.0 Å². The third-order valence-electron chi connectivity index (χ3n) is 4.12. The number of amides is 1. The summed E-state index contributed by atoms with van der Waals surface area (Å²) in [7, 11) is 0. The number of hydrogen-bond acceptors (Lipinski definition) is 7. The molecule has 0 bridgehead atoms. The summed E-state index contributed by atoms with van der Waals surface area (Å²) in [5, 5.41) is 17.0. The third-order valence-corrected chi connectivity index (χ3v) is 4.12. The highest BCUT2D eigenvalue weighted by atomic mass is 16.6. The quantitative estimate of drug-likeness (QED) is 0.747. The summed E-state index contributed by atoms with van der Waals surface area (Å²) in [4.78, 5) is 29.8. The van der Waals surface area contributed by atoms with Crippen LogP contribution in [-0.2, 0) is 19.1 Å². The van der Waals surface area contributed by atoms with Crippen LogP contribution in [0.2, 0.25) is 0 Å². The number of nitrogens with zero attached hydrogens (tertiary/aromatic N) is 1. The highest BCUT2D eigenvalue weighted by molar-refractivity contribution is 5.87. The van der Waals surface area contributed by atoms with Crippen molar-refractivity contribution < 1.29 is 29.0 Å². The van der Waals surface area contributed by atoms with Crippen LogP contribution in [0.25, 0.3) is 0 Å². The fourth-order valence-corrected chi connectivity index (χ4v) is 3.20. The standard InChI is InChI=1S/C16H26N2O6/c1-6-22-14(20)9-7-10(19)11-8(2)18-24-13(11)12(9)17-15(21)23-16(3,4)5/h9-13,19H,6-7H2,1-5H3,(H,17,21)/t9-,10+,11+,12-,13+/m1/s1. The van der Waals surface area contributed by atoms with Crippen LogP contribution in [0.5, 0.6) is 0 Å². The van der Waals surface area contributed by atoms with Gasteiger partial charge in [-0.15, -0.1) is 0 Å². The Balaban J connectivity index is 2.20. The molecule has 0 unspecified atom stereocenters. The molecule has 1 fully saturated rings. The molecule has 1 saturated carbocycles. The Morgan fingerprint density at radius 2 is 2.08 bits per heavy atom. The van der Waals surface area contributed by atoms with Crippen LogP contribution in [0.4, 0.5) is 4.79 Å². The van der Waals surface area contributed by atoms with E-state index in [0.717, 1.165) is 0 Å². The van der Waals surface area contributed by atoms with Gasteiger partial charge in [-0.2, -0.15) is 0 Å². The van der Waals surface area contributed by atoms with Crippen LogP contribution in [-0.4, -0.2) is 53.3 Å². The fraction of sp³-hybridized carbons (Fsp3) is 0.812. The Morgan fingerprint density at radius 3 is 2.67 bits per heavy atom. The van der Waals surface area contributed by atoms with Gasteiger partial charge in [0.15, 0.2) is 6.10 Å². The second-order valence-corrected chi connectivity index (χ2v) is 7.16. The predicted octanol–water partition coefficient (Wildman–Crippen LogP) is 1.21. The van der Waals surface area contributed by atoms with E-state index in [0.29, 0.717) is 5.71 Å². The van der Waals surface area contributed by atoms with Crippen molar-refractivity contribution in [2.75, 3.05) is 6.61 Å². The van der Waals surface area contributed by atoms with Gasteiger partial charge in [0.05, 0.1) is 36.3 Å². The number of carbonyl (C=O) groups is 2. The molecule has 1 heterocycles. The van der Waals surface area contributed by atoms with Crippen LogP contribution in [0.15, 0.2) is 5.16 Å². The summed E-state index contributed by atoms with van der Waals surface area (Å²) in [6.07, 6.45) is -1.90. The second kappa shape index (κ2) is 6.96. The largest absolute Gasteiger partial charge is 0.466 e. The van der Waals surface area contributed by atoms with Gasteiger partial charge in [0.2, 0.25) is 0 Å². The van der Waals surface area contributed by atoms with E-state index in [-0.39, 0.29) is 18.9 Å². The first-order valence-corrected chi connectivity index (χ1v) is 8.18. The number of esters is 1. The maximum atomic E-state index is 12.3. The van der Waals surface area contributed by atoms with E-state index >= 15 is 0 Å². The van der Waals surface area contributed by atoms with Crippen LogP contribution in [0, 0.1) is 11.8 Å². The van der Waals surface area contributed by atoms with Crippen LogP contribution < -0.4 is 5.32 Å². The number of aliphatic hydroxyl groups is 1. The van der Waals surface area contributed by atoms with Gasteiger partial charge in [-0.25, -0.2) is 4.79 Å². The maximum Gasteiger partial charge on any atom is 0.408 e. The van der Waals surface area contributed by atoms with Crippen molar-refractivity contribution in [2.45, 2.75) is 64.9 Å². The van der Waals surface area contributed by atoms with Crippen LogP contribution in [0.3, 0.4) is 0 Å². The van der Waals surface area contributed by atoms with Gasteiger partial charge in [-0.3, -0.25) is 4.79 Å². The minimum atomic E-state index is -0.785. The zero-order valence-corrected chi connectivity index (χ0v) is 14.7. The van der Waals surface area contributed by atoms with Gasteiger partial charge < -0.3 is 24.7 Å². The molecule has 0 spiro atoms. The Hall–Kier alpha value is -1.83. The zero-order chi connectivity index (χ0) is 18.1. The van der Waals surface area contributed by atoms with Crippen LogP contribution >= 0.6 is 0 Å². The van der Waals surface area contributed by atoms with E-state index in [2.05, 4.69) is 10.5 Å². The minimum absolute atomic E-state index is 0.163. The topological polar surface area (TPSA) is 106 Å². The summed E-state index contributed by atoms with van der Waals surface area (Å²) >= 11 is 0. The molecule has 1 aliphatic carbocycles.